The fraction of sp³-hybridized carbons (Fsp3) is 0.429. The molecule has 0 aliphatic heterocycles. The summed E-state index contributed by atoms with van der Waals surface area (Å²) in [4.78, 5) is 4.16. The van der Waals surface area contributed by atoms with Gasteiger partial charge in [0.25, 0.3) is 0 Å². The van der Waals surface area contributed by atoms with Crippen molar-refractivity contribution < 1.29 is 4.52 Å². The van der Waals surface area contributed by atoms with Gasteiger partial charge in [0, 0.05) is 13.5 Å². The molecule has 1 heterocycles. The van der Waals surface area contributed by atoms with Crippen molar-refractivity contribution in [2.75, 3.05) is 0 Å². The lowest BCUT2D eigenvalue weighted by atomic mass is 10.1. The Morgan fingerprint density at radius 1 is 1.33 bits per heavy atom. The molecule has 1 saturated carbocycles. The molecule has 0 amide bonds. The minimum atomic E-state index is 0.613. The van der Waals surface area contributed by atoms with E-state index in [1.807, 2.05) is 0 Å². The van der Waals surface area contributed by atoms with Gasteiger partial charge in [0.2, 0.25) is 5.89 Å². The maximum Gasteiger partial charge on any atom is 0.223 e. The first-order chi connectivity index (χ1) is 8.81. The first-order valence-electron chi connectivity index (χ1n) is 6.40. The fourth-order valence-corrected chi connectivity index (χ4v) is 2.11. The highest BCUT2D eigenvalue weighted by atomic mass is 16.5. The number of nitrogens with one attached hydrogen (secondary N) is 1. The molecule has 0 spiro atoms. The number of rotatable bonds is 5. The molecule has 18 heavy (non-hydrogen) atoms. The second kappa shape index (κ2) is 4.90. The van der Waals surface area contributed by atoms with Gasteiger partial charge in [-0.25, -0.2) is 0 Å². The summed E-state index contributed by atoms with van der Waals surface area (Å²) < 4.78 is 4.92. The topological polar surface area (TPSA) is 51.0 Å². The van der Waals surface area contributed by atoms with Gasteiger partial charge < -0.3 is 9.84 Å². The minimum absolute atomic E-state index is 0.613. The zero-order valence-corrected chi connectivity index (χ0v) is 10.5. The van der Waals surface area contributed by atoms with Crippen LogP contribution in [0, 0.1) is 6.92 Å². The van der Waals surface area contributed by atoms with E-state index in [1.165, 1.54) is 24.0 Å². The number of benzene rings is 1. The fourth-order valence-electron chi connectivity index (χ4n) is 2.11. The third kappa shape index (κ3) is 2.76. The highest BCUT2D eigenvalue weighted by Gasteiger charge is 2.23. The Morgan fingerprint density at radius 2 is 2.22 bits per heavy atom. The summed E-state index contributed by atoms with van der Waals surface area (Å²) in [5.41, 5.74) is 2.80. The SMILES string of the molecule is Cc1nc(CNCc2cccc(C3CC3)c2)no1. The summed E-state index contributed by atoms with van der Waals surface area (Å²) in [6, 6.07) is 8.82. The Balaban J connectivity index is 1.54. The standard InChI is InChI=1S/C14H17N3O/c1-10-16-14(17-18-10)9-15-8-11-3-2-4-13(7-11)12-5-6-12/h2-4,7,12,15H,5-6,8-9H2,1H3. The molecular weight excluding hydrogens is 226 g/mol. The molecule has 1 aliphatic rings. The van der Waals surface area contributed by atoms with Crippen molar-refractivity contribution in [2.45, 2.75) is 38.8 Å². The zero-order chi connectivity index (χ0) is 12.4. The van der Waals surface area contributed by atoms with Gasteiger partial charge in [0.15, 0.2) is 5.82 Å². The van der Waals surface area contributed by atoms with Gasteiger partial charge in [-0.15, -0.1) is 0 Å². The molecule has 1 N–H and O–H groups in total. The number of hydrogen-bond acceptors (Lipinski definition) is 4. The van der Waals surface area contributed by atoms with Gasteiger partial charge >= 0.3 is 0 Å². The highest BCUT2D eigenvalue weighted by molar-refractivity contribution is 5.29. The average molecular weight is 243 g/mol. The average Bonchev–Trinajstić information content (AvgIpc) is 3.14. The number of aromatic nitrogens is 2. The van der Waals surface area contributed by atoms with Crippen molar-refractivity contribution in [2.24, 2.45) is 0 Å². The lowest BCUT2D eigenvalue weighted by Gasteiger charge is -2.05. The van der Waals surface area contributed by atoms with E-state index in [-0.39, 0.29) is 0 Å². The van der Waals surface area contributed by atoms with Crippen molar-refractivity contribution in [3.05, 3.63) is 47.1 Å². The van der Waals surface area contributed by atoms with E-state index in [1.54, 1.807) is 6.92 Å². The number of nitrogens with zero attached hydrogens (tertiary/aromatic N) is 2. The Hall–Kier alpha value is -1.68. The van der Waals surface area contributed by atoms with E-state index in [0.717, 1.165) is 12.5 Å². The maximum absolute atomic E-state index is 4.92. The van der Waals surface area contributed by atoms with Crippen LogP contribution in [-0.4, -0.2) is 10.1 Å². The largest absolute Gasteiger partial charge is 0.340 e. The molecule has 4 nitrogen and oxygen atoms in total. The summed E-state index contributed by atoms with van der Waals surface area (Å²) >= 11 is 0. The molecule has 1 aliphatic carbocycles. The highest BCUT2D eigenvalue weighted by Crippen LogP contribution is 2.40. The van der Waals surface area contributed by atoms with Gasteiger partial charge in [0.05, 0.1) is 6.54 Å². The summed E-state index contributed by atoms with van der Waals surface area (Å²) in [7, 11) is 0. The Labute approximate surface area is 106 Å². The Morgan fingerprint density at radius 3 is 2.94 bits per heavy atom. The molecule has 4 heteroatoms. The van der Waals surface area contributed by atoms with Crippen LogP contribution in [0.2, 0.25) is 0 Å². The van der Waals surface area contributed by atoms with Crippen LogP contribution in [0.3, 0.4) is 0 Å². The molecule has 0 saturated heterocycles. The van der Waals surface area contributed by atoms with Crippen LogP contribution in [0.4, 0.5) is 0 Å². The summed E-state index contributed by atoms with van der Waals surface area (Å²) in [6.45, 7) is 3.29. The van der Waals surface area contributed by atoms with E-state index in [4.69, 9.17) is 4.52 Å². The number of aryl methyl sites for hydroxylation is 1. The summed E-state index contributed by atoms with van der Waals surface area (Å²) in [5, 5.41) is 7.19. The van der Waals surface area contributed by atoms with Crippen LogP contribution < -0.4 is 5.32 Å². The van der Waals surface area contributed by atoms with Crippen LogP contribution in [0.25, 0.3) is 0 Å². The molecule has 0 atom stereocenters. The summed E-state index contributed by atoms with van der Waals surface area (Å²) in [6.07, 6.45) is 2.69. The summed E-state index contributed by atoms with van der Waals surface area (Å²) in [5.74, 6) is 2.14. The molecular formula is C14H17N3O. The minimum Gasteiger partial charge on any atom is -0.340 e. The molecule has 1 aromatic heterocycles. The second-order valence-corrected chi connectivity index (χ2v) is 4.85. The van der Waals surface area contributed by atoms with Crippen molar-refractivity contribution >= 4 is 0 Å². The predicted octanol–water partition coefficient (Wildman–Crippen LogP) is 2.55. The monoisotopic (exact) mass is 243 g/mol. The first kappa shape index (κ1) is 11.4. The Kier molecular flexibility index (Phi) is 3.11. The molecule has 0 radical (unpaired) electrons. The molecule has 2 aromatic rings. The van der Waals surface area contributed by atoms with Crippen LogP contribution in [0.5, 0.6) is 0 Å². The molecule has 94 valence electrons. The lowest BCUT2D eigenvalue weighted by molar-refractivity contribution is 0.385. The van der Waals surface area contributed by atoms with E-state index in [0.29, 0.717) is 18.3 Å². The van der Waals surface area contributed by atoms with Crippen LogP contribution in [0.15, 0.2) is 28.8 Å². The molecule has 0 bridgehead atoms. The Bertz CT molecular complexity index is 531. The van der Waals surface area contributed by atoms with Crippen LogP contribution in [-0.2, 0) is 13.1 Å². The number of hydrogen-bond donors (Lipinski definition) is 1. The predicted molar refractivity (Wildman–Crippen MR) is 68.0 cm³/mol. The van der Waals surface area contributed by atoms with Gasteiger partial charge in [-0.1, -0.05) is 29.4 Å². The van der Waals surface area contributed by atoms with Gasteiger partial charge in [-0.2, -0.15) is 4.98 Å². The van der Waals surface area contributed by atoms with Gasteiger partial charge in [-0.05, 0) is 29.9 Å². The van der Waals surface area contributed by atoms with E-state index in [9.17, 15) is 0 Å². The molecule has 0 unspecified atom stereocenters. The van der Waals surface area contributed by atoms with E-state index in [2.05, 4.69) is 39.7 Å². The van der Waals surface area contributed by atoms with Crippen molar-refractivity contribution in [3.8, 4) is 0 Å². The lowest BCUT2D eigenvalue weighted by Crippen LogP contribution is -2.13. The van der Waals surface area contributed by atoms with Crippen molar-refractivity contribution in [1.29, 1.82) is 0 Å². The van der Waals surface area contributed by atoms with Crippen LogP contribution in [0.1, 0.15) is 41.6 Å². The van der Waals surface area contributed by atoms with E-state index < -0.39 is 0 Å². The third-order valence-corrected chi connectivity index (χ3v) is 3.18. The van der Waals surface area contributed by atoms with E-state index >= 15 is 0 Å². The zero-order valence-electron chi connectivity index (χ0n) is 10.5. The quantitative estimate of drug-likeness (QED) is 0.876. The van der Waals surface area contributed by atoms with Crippen molar-refractivity contribution in [3.63, 3.8) is 0 Å². The smallest absolute Gasteiger partial charge is 0.223 e. The molecule has 1 aromatic carbocycles. The second-order valence-electron chi connectivity index (χ2n) is 4.85. The maximum atomic E-state index is 4.92. The van der Waals surface area contributed by atoms with Gasteiger partial charge in [0.1, 0.15) is 0 Å². The van der Waals surface area contributed by atoms with Gasteiger partial charge in [-0.3, -0.25) is 0 Å². The molecule has 3 rings (SSSR count). The molecule has 1 fully saturated rings. The third-order valence-electron chi connectivity index (χ3n) is 3.18. The normalized spacial score (nSPS) is 14.9. The van der Waals surface area contributed by atoms with Crippen LogP contribution >= 0.6 is 0 Å². The first-order valence-corrected chi connectivity index (χ1v) is 6.40. The van der Waals surface area contributed by atoms with Crippen molar-refractivity contribution in [1.82, 2.24) is 15.5 Å².